The van der Waals surface area contributed by atoms with E-state index in [0.717, 1.165) is 67.4 Å². The maximum atomic E-state index is 13.1. The molecule has 45 heavy (non-hydrogen) atoms. The molecule has 1 fully saturated rings. The minimum Gasteiger partial charge on any atom is -0.507 e. The zero-order chi connectivity index (χ0) is 31.4. The van der Waals surface area contributed by atoms with E-state index in [0.29, 0.717) is 20.5 Å². The number of ether oxygens (including phenoxy) is 2. The first-order valence-corrected chi connectivity index (χ1v) is 16.1. The molecular weight excluding hydrogens is 577 g/mol. The Kier molecular flexibility index (Phi) is 11.0. The van der Waals surface area contributed by atoms with Crippen LogP contribution in [0.1, 0.15) is 78.7 Å². The first kappa shape index (κ1) is 31.5. The predicted molar refractivity (Wildman–Crippen MR) is 182 cm³/mol. The number of unbranched alkanes of at least 4 members (excludes halogenated alkanes) is 1. The highest BCUT2D eigenvalue weighted by molar-refractivity contribution is 7.20. The van der Waals surface area contributed by atoms with Gasteiger partial charge in [0.15, 0.2) is 0 Å². The number of aromatic hydroxyl groups is 1. The van der Waals surface area contributed by atoms with E-state index in [1.54, 1.807) is 19.1 Å². The molecule has 1 N–H and O–H groups in total. The third-order valence-corrected chi connectivity index (χ3v) is 8.66. The van der Waals surface area contributed by atoms with Crippen LogP contribution in [0.3, 0.4) is 0 Å². The molecule has 0 amide bonds. The fourth-order valence-corrected chi connectivity index (χ4v) is 6.15. The van der Waals surface area contributed by atoms with Crippen LogP contribution >= 0.6 is 11.3 Å². The molecule has 1 aliphatic carbocycles. The molecule has 224 valence electrons. The Labute approximate surface area is 269 Å². The number of thiophene rings is 1. The Balaban J connectivity index is 1.21. The minimum absolute atomic E-state index is 0.107. The van der Waals surface area contributed by atoms with Crippen molar-refractivity contribution in [2.24, 2.45) is 0 Å². The summed E-state index contributed by atoms with van der Waals surface area (Å²) in [6.07, 6.45) is 5.71. The van der Waals surface area contributed by atoms with Crippen molar-refractivity contribution in [2.75, 3.05) is 6.61 Å². The third-order valence-electron chi connectivity index (χ3n) is 7.58. The van der Waals surface area contributed by atoms with Gasteiger partial charge in [-0.1, -0.05) is 55.4 Å². The molecule has 0 spiro atoms. The molecule has 5 heteroatoms. The van der Waals surface area contributed by atoms with E-state index in [2.05, 4.69) is 54.3 Å². The van der Waals surface area contributed by atoms with Crippen molar-refractivity contribution in [3.8, 4) is 64.2 Å². The summed E-state index contributed by atoms with van der Waals surface area (Å²) in [7, 11) is 0. The lowest BCUT2D eigenvalue weighted by molar-refractivity contribution is -0.0200. The van der Waals surface area contributed by atoms with Gasteiger partial charge in [-0.3, -0.25) is 0 Å². The summed E-state index contributed by atoms with van der Waals surface area (Å²) >= 11 is 1.35. The average Bonchev–Trinajstić information content (AvgIpc) is 3.50. The first-order chi connectivity index (χ1) is 22.0. The molecule has 0 atom stereocenters. The number of hydrogen-bond acceptors (Lipinski definition) is 5. The molecule has 0 saturated heterocycles. The standard InChI is InChI=1S/C40H34O4S/c1-3-5-7-10-29-13-17-31(18-14-29)32-19-15-30(16-20-32)11-8-9-12-35-28-37-38(41)26-25-36(39(37)45-35)40(42)44-34-23-21-33(22-24-34)43-27-6-4-2/h13-20,25-26,28,33-34,41H,4,6,21-24,27H2,1-2H3. The van der Waals surface area contributed by atoms with Gasteiger partial charge >= 0.3 is 5.97 Å². The summed E-state index contributed by atoms with van der Waals surface area (Å²) in [6, 6.07) is 21.0. The van der Waals surface area contributed by atoms with Crippen LogP contribution in [0.5, 0.6) is 5.75 Å². The Morgan fingerprint density at radius 2 is 1.42 bits per heavy atom. The topological polar surface area (TPSA) is 55.8 Å². The van der Waals surface area contributed by atoms with Gasteiger partial charge in [0.05, 0.1) is 21.2 Å². The number of carbonyl (C=O) groups excluding carboxylic acids is 1. The fraction of sp³-hybridized carbons (Fsp3) is 0.275. The summed E-state index contributed by atoms with van der Waals surface area (Å²) in [6.45, 7) is 4.72. The van der Waals surface area contributed by atoms with Crippen LogP contribution in [-0.4, -0.2) is 29.9 Å². The molecule has 1 aromatic heterocycles. The number of esters is 1. The molecule has 3 aromatic carbocycles. The van der Waals surface area contributed by atoms with Gasteiger partial charge in [0, 0.05) is 23.1 Å². The lowest BCUT2D eigenvalue weighted by Gasteiger charge is -2.28. The van der Waals surface area contributed by atoms with Gasteiger partial charge in [0.1, 0.15) is 11.9 Å². The van der Waals surface area contributed by atoms with Crippen LogP contribution in [0.25, 0.3) is 21.2 Å². The molecule has 5 rings (SSSR count). The summed E-state index contributed by atoms with van der Waals surface area (Å²) < 4.78 is 12.5. The van der Waals surface area contributed by atoms with Crippen LogP contribution in [0.15, 0.2) is 66.7 Å². The Morgan fingerprint density at radius 3 is 2.04 bits per heavy atom. The van der Waals surface area contributed by atoms with Crippen LogP contribution in [0, 0.1) is 47.4 Å². The zero-order valence-electron chi connectivity index (χ0n) is 25.5. The molecule has 4 aromatic rings. The van der Waals surface area contributed by atoms with Crippen LogP contribution in [0.4, 0.5) is 0 Å². The highest BCUT2D eigenvalue weighted by atomic mass is 32.1. The molecule has 1 aliphatic rings. The van der Waals surface area contributed by atoms with Gasteiger partial charge in [-0.2, -0.15) is 0 Å². The summed E-state index contributed by atoms with van der Waals surface area (Å²) in [5.74, 6) is 23.1. The quantitative estimate of drug-likeness (QED) is 0.130. The number of carbonyl (C=O) groups is 1. The summed E-state index contributed by atoms with van der Waals surface area (Å²) in [5, 5.41) is 11.1. The normalized spacial score (nSPS) is 15.2. The number of fused-ring (bicyclic) bond motifs is 1. The lowest BCUT2D eigenvalue weighted by atomic mass is 9.95. The molecule has 0 unspecified atom stereocenters. The smallest absolute Gasteiger partial charge is 0.339 e. The molecular formula is C40H34O4S. The second kappa shape index (κ2) is 15.7. The average molecular weight is 611 g/mol. The van der Waals surface area contributed by atoms with Crippen molar-refractivity contribution in [3.05, 3.63) is 88.3 Å². The van der Waals surface area contributed by atoms with E-state index in [-0.39, 0.29) is 23.9 Å². The lowest BCUT2D eigenvalue weighted by Crippen LogP contribution is -2.28. The number of phenolic OH excluding ortho intramolecular Hbond substituents is 1. The maximum Gasteiger partial charge on any atom is 0.339 e. The number of benzene rings is 3. The van der Waals surface area contributed by atoms with Crippen molar-refractivity contribution in [1.29, 1.82) is 0 Å². The van der Waals surface area contributed by atoms with E-state index in [1.807, 2.05) is 48.5 Å². The SMILES string of the molecule is CC#CC#Cc1ccc(-c2ccc(C#CC#Cc3cc4c(O)ccc(C(=O)OC5CCC(OCCCC)CC5)c4s3)cc2)cc1. The van der Waals surface area contributed by atoms with Crippen LogP contribution in [-0.2, 0) is 9.47 Å². The molecule has 4 nitrogen and oxygen atoms in total. The Morgan fingerprint density at radius 1 is 0.822 bits per heavy atom. The Hall–Kier alpha value is -4.91. The third kappa shape index (κ3) is 8.60. The van der Waals surface area contributed by atoms with Crippen molar-refractivity contribution in [2.45, 2.75) is 64.6 Å². The second-order valence-corrected chi connectivity index (χ2v) is 11.8. The summed E-state index contributed by atoms with van der Waals surface area (Å²) in [5.41, 5.74) is 4.41. The van der Waals surface area contributed by atoms with E-state index in [4.69, 9.17) is 9.47 Å². The van der Waals surface area contributed by atoms with Crippen molar-refractivity contribution < 1.29 is 19.4 Å². The van der Waals surface area contributed by atoms with Gasteiger partial charge < -0.3 is 14.6 Å². The molecule has 1 saturated carbocycles. The molecule has 0 aliphatic heterocycles. The predicted octanol–water partition coefficient (Wildman–Crippen LogP) is 8.34. The van der Waals surface area contributed by atoms with E-state index in [1.165, 1.54) is 17.4 Å². The van der Waals surface area contributed by atoms with Gasteiger partial charge in [-0.15, -0.1) is 11.3 Å². The summed E-state index contributed by atoms with van der Waals surface area (Å²) in [4.78, 5) is 13.9. The van der Waals surface area contributed by atoms with Gasteiger partial charge in [0.2, 0.25) is 0 Å². The maximum absolute atomic E-state index is 13.1. The number of phenols is 1. The number of rotatable bonds is 7. The molecule has 0 radical (unpaired) electrons. The molecule has 0 bridgehead atoms. The zero-order valence-corrected chi connectivity index (χ0v) is 26.4. The number of hydrogen-bond donors (Lipinski definition) is 1. The first-order valence-electron chi connectivity index (χ1n) is 15.3. The van der Waals surface area contributed by atoms with Crippen molar-refractivity contribution in [3.63, 3.8) is 0 Å². The van der Waals surface area contributed by atoms with E-state index in [9.17, 15) is 9.90 Å². The highest BCUT2D eigenvalue weighted by Crippen LogP contribution is 2.35. The van der Waals surface area contributed by atoms with Crippen molar-refractivity contribution >= 4 is 27.4 Å². The Bertz CT molecular complexity index is 1900. The monoisotopic (exact) mass is 610 g/mol. The van der Waals surface area contributed by atoms with Crippen LogP contribution < -0.4 is 0 Å². The van der Waals surface area contributed by atoms with Gasteiger partial charge in [-0.05, 0) is 122 Å². The van der Waals surface area contributed by atoms with Gasteiger partial charge in [0.25, 0.3) is 0 Å². The fourth-order valence-electron chi connectivity index (χ4n) is 5.11. The second-order valence-electron chi connectivity index (χ2n) is 10.8. The van der Waals surface area contributed by atoms with Crippen LogP contribution in [0.2, 0.25) is 0 Å². The van der Waals surface area contributed by atoms with E-state index < -0.39 is 0 Å². The minimum atomic E-state index is -0.369. The van der Waals surface area contributed by atoms with Crippen molar-refractivity contribution in [1.82, 2.24) is 0 Å². The van der Waals surface area contributed by atoms with E-state index >= 15 is 0 Å². The highest BCUT2D eigenvalue weighted by Gasteiger charge is 2.26. The van der Waals surface area contributed by atoms with Gasteiger partial charge in [-0.25, -0.2) is 4.79 Å². The molecule has 1 heterocycles. The largest absolute Gasteiger partial charge is 0.507 e.